The van der Waals surface area contributed by atoms with Gasteiger partial charge in [0.1, 0.15) is 5.75 Å². The number of hydrogen-bond donors (Lipinski definition) is 1. The van der Waals surface area contributed by atoms with Crippen molar-refractivity contribution in [2.24, 2.45) is 0 Å². The highest BCUT2D eigenvalue weighted by atomic mass is 79.9. The second-order valence-electron chi connectivity index (χ2n) is 4.52. The molecule has 1 heterocycles. The second-order valence-corrected chi connectivity index (χ2v) is 6.81. The van der Waals surface area contributed by atoms with Gasteiger partial charge in [0.15, 0.2) is 5.75 Å². The van der Waals surface area contributed by atoms with Crippen LogP contribution in [0.1, 0.15) is 5.56 Å². The summed E-state index contributed by atoms with van der Waals surface area (Å²) in [4.78, 5) is 0. The molecular formula is C17H14BrNOS. The molecule has 0 atom stereocenters. The van der Waals surface area contributed by atoms with E-state index >= 15 is 0 Å². The zero-order valence-electron chi connectivity index (χ0n) is 11.3. The number of hydrogen-bond acceptors (Lipinski definition) is 3. The van der Waals surface area contributed by atoms with Crippen LogP contribution in [0.3, 0.4) is 0 Å². The first-order valence-corrected chi connectivity index (χ1v) is 8.27. The molecule has 4 heteroatoms. The average Bonchev–Trinajstić information content (AvgIpc) is 2.93. The van der Waals surface area contributed by atoms with Crippen LogP contribution < -0.4 is 10.1 Å². The van der Waals surface area contributed by atoms with Crippen molar-refractivity contribution in [3.8, 4) is 11.5 Å². The molecule has 106 valence electrons. The molecule has 0 aliphatic rings. The normalized spacial score (nSPS) is 10.3. The van der Waals surface area contributed by atoms with Crippen LogP contribution in [0.15, 0.2) is 69.8 Å². The van der Waals surface area contributed by atoms with Gasteiger partial charge >= 0.3 is 0 Å². The van der Waals surface area contributed by atoms with E-state index in [0.717, 1.165) is 27.5 Å². The standard InChI is InChI=1S/C17H14BrNOS/c18-17-10-13(12-21-17)11-19-15-8-4-5-9-16(15)20-14-6-2-1-3-7-14/h1-10,12,19H,11H2. The monoisotopic (exact) mass is 359 g/mol. The lowest BCUT2D eigenvalue weighted by Gasteiger charge is -2.12. The van der Waals surface area contributed by atoms with Gasteiger partial charge in [-0.15, -0.1) is 11.3 Å². The van der Waals surface area contributed by atoms with Crippen molar-refractivity contribution in [2.75, 3.05) is 5.32 Å². The van der Waals surface area contributed by atoms with Crippen molar-refractivity contribution in [3.63, 3.8) is 0 Å². The van der Waals surface area contributed by atoms with E-state index in [1.165, 1.54) is 5.56 Å². The number of benzene rings is 2. The van der Waals surface area contributed by atoms with Crippen LogP contribution in [-0.4, -0.2) is 0 Å². The first-order chi connectivity index (χ1) is 10.3. The van der Waals surface area contributed by atoms with Gasteiger partial charge in [-0.2, -0.15) is 0 Å². The summed E-state index contributed by atoms with van der Waals surface area (Å²) in [6, 6.07) is 19.9. The first-order valence-electron chi connectivity index (χ1n) is 6.60. The van der Waals surface area contributed by atoms with Crippen molar-refractivity contribution in [1.29, 1.82) is 0 Å². The minimum atomic E-state index is 0.775. The van der Waals surface area contributed by atoms with Crippen molar-refractivity contribution in [1.82, 2.24) is 0 Å². The molecule has 0 bridgehead atoms. The average molecular weight is 360 g/mol. The number of para-hydroxylation sites is 3. The number of thiophene rings is 1. The Morgan fingerprint density at radius 1 is 1.00 bits per heavy atom. The Balaban J connectivity index is 1.73. The predicted octanol–water partition coefficient (Wildman–Crippen LogP) is 5.92. The molecule has 0 spiro atoms. The number of halogens is 1. The lowest BCUT2D eigenvalue weighted by molar-refractivity contribution is 0.484. The summed E-state index contributed by atoms with van der Waals surface area (Å²) in [7, 11) is 0. The molecule has 2 nitrogen and oxygen atoms in total. The minimum absolute atomic E-state index is 0.775. The SMILES string of the molecule is Brc1cc(CNc2ccccc2Oc2ccccc2)cs1. The van der Waals surface area contributed by atoms with E-state index < -0.39 is 0 Å². The van der Waals surface area contributed by atoms with E-state index in [9.17, 15) is 0 Å². The fourth-order valence-corrected chi connectivity index (χ4v) is 3.16. The Hall–Kier alpha value is -1.78. The Morgan fingerprint density at radius 2 is 1.76 bits per heavy atom. The fourth-order valence-electron chi connectivity index (χ4n) is 1.95. The Kier molecular flexibility index (Phi) is 4.58. The molecule has 0 amide bonds. The summed E-state index contributed by atoms with van der Waals surface area (Å²) in [5.41, 5.74) is 2.24. The summed E-state index contributed by atoms with van der Waals surface area (Å²) in [6.45, 7) is 0.775. The van der Waals surface area contributed by atoms with Gasteiger partial charge in [0, 0.05) is 6.54 Å². The van der Waals surface area contributed by atoms with Gasteiger partial charge in [-0.25, -0.2) is 0 Å². The van der Waals surface area contributed by atoms with Crippen molar-refractivity contribution < 1.29 is 4.74 Å². The van der Waals surface area contributed by atoms with Gasteiger partial charge < -0.3 is 10.1 Å². The smallest absolute Gasteiger partial charge is 0.150 e. The number of anilines is 1. The highest BCUT2D eigenvalue weighted by molar-refractivity contribution is 9.11. The maximum absolute atomic E-state index is 5.93. The van der Waals surface area contributed by atoms with Gasteiger partial charge in [0.05, 0.1) is 9.47 Å². The van der Waals surface area contributed by atoms with Crippen molar-refractivity contribution in [3.05, 3.63) is 75.4 Å². The number of ether oxygens (including phenoxy) is 1. The lowest BCUT2D eigenvalue weighted by Crippen LogP contribution is -2.00. The van der Waals surface area contributed by atoms with Crippen molar-refractivity contribution >= 4 is 33.0 Å². The van der Waals surface area contributed by atoms with Crippen LogP contribution in [0.5, 0.6) is 11.5 Å². The van der Waals surface area contributed by atoms with Crippen LogP contribution in [0.4, 0.5) is 5.69 Å². The molecule has 0 unspecified atom stereocenters. The summed E-state index contributed by atoms with van der Waals surface area (Å²) in [5.74, 6) is 1.67. The molecule has 21 heavy (non-hydrogen) atoms. The lowest BCUT2D eigenvalue weighted by atomic mass is 10.2. The van der Waals surface area contributed by atoms with E-state index in [1.54, 1.807) is 11.3 Å². The van der Waals surface area contributed by atoms with Gasteiger partial charge in [-0.1, -0.05) is 30.3 Å². The molecule has 1 aromatic heterocycles. The molecule has 2 aromatic carbocycles. The third-order valence-corrected chi connectivity index (χ3v) is 4.52. The zero-order valence-corrected chi connectivity index (χ0v) is 13.7. The van der Waals surface area contributed by atoms with E-state index in [-0.39, 0.29) is 0 Å². The summed E-state index contributed by atoms with van der Waals surface area (Å²) < 4.78 is 7.08. The van der Waals surface area contributed by atoms with Crippen LogP contribution in [0.25, 0.3) is 0 Å². The van der Waals surface area contributed by atoms with Crippen LogP contribution >= 0.6 is 27.3 Å². The maximum atomic E-state index is 5.93. The van der Waals surface area contributed by atoms with E-state index in [0.29, 0.717) is 0 Å². The molecule has 3 aromatic rings. The van der Waals surface area contributed by atoms with Crippen LogP contribution in [0, 0.1) is 0 Å². The summed E-state index contributed by atoms with van der Waals surface area (Å²) in [5, 5.41) is 5.56. The zero-order chi connectivity index (χ0) is 14.5. The number of nitrogens with one attached hydrogen (secondary N) is 1. The Labute approximate surface area is 136 Å². The van der Waals surface area contributed by atoms with E-state index in [1.807, 2.05) is 54.6 Å². The second kappa shape index (κ2) is 6.78. The molecule has 0 radical (unpaired) electrons. The fraction of sp³-hybridized carbons (Fsp3) is 0.0588. The van der Waals surface area contributed by atoms with E-state index in [4.69, 9.17) is 4.74 Å². The van der Waals surface area contributed by atoms with Crippen LogP contribution in [0.2, 0.25) is 0 Å². The molecule has 0 fully saturated rings. The molecule has 0 aliphatic carbocycles. The summed E-state index contributed by atoms with van der Waals surface area (Å²) >= 11 is 5.17. The van der Waals surface area contributed by atoms with Gasteiger partial charge in [-0.05, 0) is 57.2 Å². The molecule has 0 aliphatic heterocycles. The minimum Gasteiger partial charge on any atom is -0.455 e. The highest BCUT2D eigenvalue weighted by Crippen LogP contribution is 2.30. The molecule has 0 saturated carbocycles. The van der Waals surface area contributed by atoms with Gasteiger partial charge in [0.25, 0.3) is 0 Å². The highest BCUT2D eigenvalue weighted by Gasteiger charge is 2.04. The Morgan fingerprint density at radius 3 is 2.52 bits per heavy atom. The third-order valence-electron chi connectivity index (χ3n) is 2.96. The van der Waals surface area contributed by atoms with Crippen molar-refractivity contribution in [2.45, 2.75) is 6.54 Å². The largest absolute Gasteiger partial charge is 0.455 e. The molecule has 3 rings (SSSR count). The third kappa shape index (κ3) is 3.86. The topological polar surface area (TPSA) is 21.3 Å². The molecule has 1 N–H and O–H groups in total. The van der Waals surface area contributed by atoms with Crippen LogP contribution in [-0.2, 0) is 6.54 Å². The summed E-state index contributed by atoms with van der Waals surface area (Å²) in [6.07, 6.45) is 0. The van der Waals surface area contributed by atoms with Gasteiger partial charge in [-0.3, -0.25) is 0 Å². The predicted molar refractivity (Wildman–Crippen MR) is 92.3 cm³/mol. The first kappa shape index (κ1) is 14.2. The van der Waals surface area contributed by atoms with Gasteiger partial charge in [0.2, 0.25) is 0 Å². The molecule has 0 saturated heterocycles. The Bertz CT molecular complexity index is 712. The number of rotatable bonds is 5. The maximum Gasteiger partial charge on any atom is 0.150 e. The van der Waals surface area contributed by atoms with E-state index in [2.05, 4.69) is 32.7 Å². The molecular weight excluding hydrogens is 346 g/mol. The quantitative estimate of drug-likeness (QED) is 0.610.